The second kappa shape index (κ2) is 7.51. The van der Waals surface area contributed by atoms with Crippen LogP contribution in [0.25, 0.3) is 0 Å². The van der Waals surface area contributed by atoms with Crippen molar-refractivity contribution in [2.24, 2.45) is 0 Å². The van der Waals surface area contributed by atoms with Crippen LogP contribution in [0.3, 0.4) is 0 Å². The molecule has 0 unspecified atom stereocenters. The molecule has 0 spiro atoms. The maximum atomic E-state index is 11.6. The Morgan fingerprint density at radius 2 is 1.73 bits per heavy atom. The van der Waals surface area contributed by atoms with Gasteiger partial charge in [0.25, 0.3) is 0 Å². The van der Waals surface area contributed by atoms with E-state index in [1.165, 1.54) is 12.5 Å². The lowest BCUT2D eigenvalue weighted by atomic mass is 10.2. The van der Waals surface area contributed by atoms with E-state index < -0.39 is 4.92 Å². The molecule has 0 saturated carbocycles. The number of nitrogens with zero attached hydrogens (tertiary/aromatic N) is 4. The molecule has 26 heavy (non-hydrogen) atoms. The van der Waals surface area contributed by atoms with Crippen LogP contribution in [-0.2, 0) is 0 Å². The van der Waals surface area contributed by atoms with Gasteiger partial charge in [-0.25, -0.2) is 15.0 Å². The molecule has 0 aliphatic heterocycles. The van der Waals surface area contributed by atoms with Gasteiger partial charge in [-0.05, 0) is 36.8 Å². The summed E-state index contributed by atoms with van der Waals surface area (Å²) in [5.41, 5.74) is 1.52. The van der Waals surface area contributed by atoms with Crippen molar-refractivity contribution in [2.75, 3.05) is 10.6 Å². The van der Waals surface area contributed by atoms with Crippen molar-refractivity contribution < 1.29 is 4.92 Å². The van der Waals surface area contributed by atoms with Gasteiger partial charge in [-0.1, -0.05) is 29.3 Å². The van der Waals surface area contributed by atoms with Crippen molar-refractivity contribution in [3.8, 4) is 0 Å². The van der Waals surface area contributed by atoms with Crippen LogP contribution in [0.2, 0.25) is 10.2 Å². The van der Waals surface area contributed by atoms with Crippen LogP contribution in [0.15, 0.2) is 42.9 Å². The highest BCUT2D eigenvalue weighted by atomic mass is 35.5. The maximum absolute atomic E-state index is 11.6. The molecule has 0 atom stereocenters. The summed E-state index contributed by atoms with van der Waals surface area (Å²) in [6.45, 7) is 1.85. The van der Waals surface area contributed by atoms with Crippen LogP contribution in [-0.4, -0.2) is 19.9 Å². The number of pyridine rings is 1. The molecule has 3 aromatic rings. The molecule has 8 nitrogen and oxygen atoms in total. The van der Waals surface area contributed by atoms with E-state index >= 15 is 0 Å². The molecule has 0 bridgehead atoms. The number of hydrogen-bond acceptors (Lipinski definition) is 7. The van der Waals surface area contributed by atoms with Crippen LogP contribution in [0, 0.1) is 17.0 Å². The van der Waals surface area contributed by atoms with E-state index in [0.29, 0.717) is 16.4 Å². The first-order valence-electron chi connectivity index (χ1n) is 7.36. The Morgan fingerprint density at radius 1 is 1.04 bits per heavy atom. The van der Waals surface area contributed by atoms with E-state index in [9.17, 15) is 10.1 Å². The molecule has 132 valence electrons. The zero-order valence-corrected chi connectivity index (χ0v) is 14.9. The Balaban J connectivity index is 2.03. The van der Waals surface area contributed by atoms with E-state index in [-0.39, 0.29) is 22.5 Å². The minimum Gasteiger partial charge on any atom is -0.334 e. The topological polar surface area (TPSA) is 106 Å². The van der Waals surface area contributed by atoms with Crippen LogP contribution < -0.4 is 10.6 Å². The van der Waals surface area contributed by atoms with Gasteiger partial charge in [-0.15, -0.1) is 0 Å². The van der Waals surface area contributed by atoms with Crippen molar-refractivity contribution in [3.05, 3.63) is 68.7 Å². The summed E-state index contributed by atoms with van der Waals surface area (Å²) < 4.78 is 0. The second-order valence-electron chi connectivity index (χ2n) is 5.23. The molecule has 2 N–H and O–H groups in total. The fourth-order valence-corrected chi connectivity index (χ4v) is 2.54. The van der Waals surface area contributed by atoms with Crippen LogP contribution in [0.1, 0.15) is 5.56 Å². The third-order valence-electron chi connectivity index (χ3n) is 3.47. The summed E-state index contributed by atoms with van der Waals surface area (Å²) in [7, 11) is 0. The first kappa shape index (κ1) is 17.8. The molecule has 2 heterocycles. The molecule has 1 aromatic carbocycles. The smallest absolute Gasteiger partial charge is 0.334 e. The number of aromatic nitrogens is 3. The summed E-state index contributed by atoms with van der Waals surface area (Å²) in [5, 5.41) is 18.1. The second-order valence-corrected chi connectivity index (χ2v) is 6.02. The standard InChI is InChI=1S/C16H12Cl2N6O2/c1-9-4-5-10(17)7-12(9)23-16-13(24(25)26)15(20-8-21-16)22-11-3-2-6-19-14(11)18/h2-8H,1H3,(H2,20,21,22,23). The van der Waals surface area contributed by atoms with Gasteiger partial charge in [0.1, 0.15) is 6.33 Å². The van der Waals surface area contributed by atoms with Gasteiger partial charge in [0.2, 0.25) is 11.6 Å². The van der Waals surface area contributed by atoms with Gasteiger partial charge in [0, 0.05) is 16.9 Å². The number of nitrogens with one attached hydrogen (secondary N) is 2. The molecule has 0 radical (unpaired) electrons. The lowest BCUT2D eigenvalue weighted by Crippen LogP contribution is -2.06. The molecular weight excluding hydrogens is 379 g/mol. The summed E-state index contributed by atoms with van der Waals surface area (Å²) in [4.78, 5) is 22.9. The molecule has 0 saturated heterocycles. The predicted molar refractivity (Wildman–Crippen MR) is 101 cm³/mol. The van der Waals surface area contributed by atoms with E-state index in [1.807, 2.05) is 6.92 Å². The molecular formula is C16H12Cl2N6O2. The number of anilines is 4. The van der Waals surface area contributed by atoms with Crippen LogP contribution >= 0.6 is 23.2 Å². The first-order chi connectivity index (χ1) is 12.5. The van der Waals surface area contributed by atoms with E-state index in [4.69, 9.17) is 23.2 Å². The van der Waals surface area contributed by atoms with Crippen molar-refractivity contribution in [1.29, 1.82) is 0 Å². The number of hydrogen-bond donors (Lipinski definition) is 2. The first-order valence-corrected chi connectivity index (χ1v) is 8.11. The molecule has 0 aliphatic carbocycles. The summed E-state index contributed by atoms with van der Waals surface area (Å²) in [6, 6.07) is 8.47. The number of rotatable bonds is 5. The van der Waals surface area contributed by atoms with Gasteiger partial charge in [0.05, 0.1) is 10.6 Å². The van der Waals surface area contributed by atoms with Crippen molar-refractivity contribution in [2.45, 2.75) is 6.92 Å². The number of aryl methyl sites for hydroxylation is 1. The Kier molecular flexibility index (Phi) is 5.15. The van der Waals surface area contributed by atoms with Gasteiger partial charge in [0.15, 0.2) is 5.15 Å². The monoisotopic (exact) mass is 390 g/mol. The largest absolute Gasteiger partial charge is 0.353 e. The summed E-state index contributed by atoms with van der Waals surface area (Å²) >= 11 is 12.0. The Labute approximate surface area is 158 Å². The van der Waals surface area contributed by atoms with Crippen molar-refractivity contribution in [3.63, 3.8) is 0 Å². The molecule has 10 heteroatoms. The third-order valence-corrected chi connectivity index (χ3v) is 4.01. The molecule has 2 aromatic heterocycles. The Hall–Kier alpha value is -2.97. The highest BCUT2D eigenvalue weighted by Gasteiger charge is 2.24. The average Bonchev–Trinajstić information content (AvgIpc) is 2.60. The van der Waals surface area contributed by atoms with E-state index in [1.54, 1.807) is 30.3 Å². The lowest BCUT2D eigenvalue weighted by molar-refractivity contribution is -0.383. The number of halogens is 2. The van der Waals surface area contributed by atoms with Gasteiger partial charge in [-0.3, -0.25) is 10.1 Å². The van der Waals surface area contributed by atoms with Crippen LogP contribution in [0.4, 0.5) is 28.7 Å². The quantitative estimate of drug-likeness (QED) is 0.363. The minimum atomic E-state index is -0.575. The zero-order chi connectivity index (χ0) is 18.7. The number of benzene rings is 1. The summed E-state index contributed by atoms with van der Waals surface area (Å²) in [6.07, 6.45) is 2.72. The minimum absolute atomic E-state index is 0.0120. The van der Waals surface area contributed by atoms with E-state index in [2.05, 4.69) is 25.6 Å². The van der Waals surface area contributed by atoms with Gasteiger partial charge >= 0.3 is 5.69 Å². The van der Waals surface area contributed by atoms with Crippen molar-refractivity contribution >= 4 is 51.9 Å². The highest BCUT2D eigenvalue weighted by Crippen LogP contribution is 2.35. The normalized spacial score (nSPS) is 10.4. The third kappa shape index (κ3) is 3.81. The SMILES string of the molecule is Cc1ccc(Cl)cc1Nc1ncnc(Nc2cccnc2Cl)c1[N+](=O)[O-]. The fourth-order valence-electron chi connectivity index (χ4n) is 2.20. The predicted octanol–water partition coefficient (Wildman–Crippen LogP) is 4.88. The average molecular weight is 391 g/mol. The molecule has 0 aliphatic rings. The molecule has 3 rings (SSSR count). The van der Waals surface area contributed by atoms with Crippen molar-refractivity contribution in [1.82, 2.24) is 15.0 Å². The maximum Gasteiger partial charge on any atom is 0.353 e. The van der Waals surface area contributed by atoms with Gasteiger partial charge < -0.3 is 10.6 Å². The molecule has 0 fully saturated rings. The molecule has 0 amide bonds. The Morgan fingerprint density at radius 3 is 2.38 bits per heavy atom. The Bertz CT molecular complexity index is 983. The zero-order valence-electron chi connectivity index (χ0n) is 13.4. The summed E-state index contributed by atoms with van der Waals surface area (Å²) in [5.74, 6) is 0.0139. The van der Waals surface area contributed by atoms with Crippen LogP contribution in [0.5, 0.6) is 0 Å². The fraction of sp³-hybridized carbons (Fsp3) is 0.0625. The van der Waals surface area contributed by atoms with E-state index in [0.717, 1.165) is 5.56 Å². The van der Waals surface area contributed by atoms with Gasteiger partial charge in [-0.2, -0.15) is 0 Å². The number of nitro groups is 1. The lowest BCUT2D eigenvalue weighted by Gasteiger charge is -2.12. The highest BCUT2D eigenvalue weighted by molar-refractivity contribution is 6.32.